The smallest absolute Gasteiger partial charge is 0.325 e. The van der Waals surface area contributed by atoms with Gasteiger partial charge in [-0.25, -0.2) is 13.1 Å². The van der Waals surface area contributed by atoms with Crippen LogP contribution in [0.25, 0.3) is 0 Å². The van der Waals surface area contributed by atoms with E-state index < -0.39 is 16.0 Å². The fourth-order valence-corrected chi connectivity index (χ4v) is 2.64. The minimum atomic E-state index is -3.64. The topological polar surface area (TPSA) is 105 Å². The molecule has 0 unspecified atom stereocenters. The number of aliphatic carboxylic acids is 1. The summed E-state index contributed by atoms with van der Waals surface area (Å²) in [6.45, 7) is 6.28. The molecule has 0 atom stereocenters. The molecule has 0 aliphatic heterocycles. The van der Waals surface area contributed by atoms with Crippen molar-refractivity contribution in [1.29, 1.82) is 0 Å². The van der Waals surface area contributed by atoms with Crippen molar-refractivity contribution in [3.8, 4) is 0 Å². The monoisotopic (exact) mass is 304 g/mol. The van der Waals surface area contributed by atoms with Crippen LogP contribution < -0.4 is 4.72 Å². The Labute approximate surface area is 118 Å². The van der Waals surface area contributed by atoms with Crippen LogP contribution in [-0.4, -0.2) is 60.4 Å². The van der Waals surface area contributed by atoms with Gasteiger partial charge in [0, 0.05) is 19.3 Å². The van der Waals surface area contributed by atoms with Gasteiger partial charge in [0.15, 0.2) is 0 Å². The lowest BCUT2D eigenvalue weighted by atomic mass is 10.5. The van der Waals surface area contributed by atoms with Gasteiger partial charge in [-0.3, -0.25) is 9.48 Å². The van der Waals surface area contributed by atoms with E-state index in [2.05, 4.69) is 14.7 Å². The number of hydrogen-bond acceptors (Lipinski definition) is 5. The van der Waals surface area contributed by atoms with E-state index in [-0.39, 0.29) is 11.4 Å². The molecule has 1 aromatic heterocycles. The Morgan fingerprint density at radius 1 is 1.45 bits per heavy atom. The Morgan fingerprint density at radius 2 is 2.10 bits per heavy atom. The Kier molecular flexibility index (Phi) is 6.11. The molecule has 0 saturated carbocycles. The van der Waals surface area contributed by atoms with Gasteiger partial charge in [-0.15, -0.1) is 0 Å². The summed E-state index contributed by atoms with van der Waals surface area (Å²) >= 11 is 0. The summed E-state index contributed by atoms with van der Waals surface area (Å²) in [6, 6.07) is 0. The molecular weight excluding hydrogens is 284 g/mol. The average Bonchev–Trinajstić information content (AvgIpc) is 2.83. The number of sulfonamides is 1. The number of carbonyl (C=O) groups is 1. The molecule has 20 heavy (non-hydrogen) atoms. The molecule has 0 bridgehead atoms. The van der Waals surface area contributed by atoms with Gasteiger partial charge in [0.1, 0.15) is 11.4 Å². The van der Waals surface area contributed by atoms with Crippen LogP contribution in [0.2, 0.25) is 0 Å². The van der Waals surface area contributed by atoms with Gasteiger partial charge in [-0.2, -0.15) is 5.10 Å². The molecular formula is C11H20N4O4S. The van der Waals surface area contributed by atoms with Crippen molar-refractivity contribution in [2.24, 2.45) is 0 Å². The molecule has 0 amide bonds. The maximum absolute atomic E-state index is 12.0. The fourth-order valence-electron chi connectivity index (χ4n) is 1.67. The van der Waals surface area contributed by atoms with Crippen molar-refractivity contribution in [3.63, 3.8) is 0 Å². The van der Waals surface area contributed by atoms with Crippen molar-refractivity contribution in [1.82, 2.24) is 19.4 Å². The molecule has 9 heteroatoms. The zero-order chi connectivity index (χ0) is 15.2. The average molecular weight is 304 g/mol. The lowest BCUT2D eigenvalue weighted by Gasteiger charge is -2.17. The molecule has 2 N–H and O–H groups in total. The Bertz CT molecular complexity index is 536. The first kappa shape index (κ1) is 16.6. The number of hydrogen-bond donors (Lipinski definition) is 2. The SMILES string of the molecule is CCN(CC)CCNS(=O)(=O)c1cnn(CC(=O)O)c1. The minimum Gasteiger partial charge on any atom is -0.480 e. The molecule has 1 aromatic rings. The fraction of sp³-hybridized carbons (Fsp3) is 0.636. The van der Waals surface area contributed by atoms with Gasteiger partial charge in [0.05, 0.1) is 6.20 Å². The first-order valence-electron chi connectivity index (χ1n) is 6.35. The van der Waals surface area contributed by atoms with Crippen LogP contribution in [0.1, 0.15) is 13.8 Å². The maximum Gasteiger partial charge on any atom is 0.325 e. The van der Waals surface area contributed by atoms with Crippen molar-refractivity contribution in [2.75, 3.05) is 26.2 Å². The number of likely N-dealkylation sites (N-methyl/N-ethyl adjacent to an activating group) is 1. The van der Waals surface area contributed by atoms with E-state index in [4.69, 9.17) is 5.11 Å². The molecule has 114 valence electrons. The summed E-state index contributed by atoms with van der Waals surface area (Å²) in [4.78, 5) is 12.6. The number of carboxylic acid groups (broad SMARTS) is 1. The molecule has 0 radical (unpaired) electrons. The number of carboxylic acids is 1. The van der Waals surface area contributed by atoms with E-state index in [9.17, 15) is 13.2 Å². The van der Waals surface area contributed by atoms with E-state index in [0.29, 0.717) is 13.1 Å². The molecule has 8 nitrogen and oxygen atoms in total. The van der Waals surface area contributed by atoms with Gasteiger partial charge in [-0.05, 0) is 13.1 Å². The van der Waals surface area contributed by atoms with Gasteiger partial charge in [0.2, 0.25) is 10.0 Å². The summed E-state index contributed by atoms with van der Waals surface area (Å²) in [5, 5.41) is 12.3. The largest absolute Gasteiger partial charge is 0.480 e. The zero-order valence-electron chi connectivity index (χ0n) is 11.6. The first-order valence-corrected chi connectivity index (χ1v) is 7.83. The molecule has 0 aliphatic rings. The lowest BCUT2D eigenvalue weighted by Crippen LogP contribution is -2.34. The van der Waals surface area contributed by atoms with E-state index in [0.717, 1.165) is 24.0 Å². The van der Waals surface area contributed by atoms with E-state index >= 15 is 0 Å². The van der Waals surface area contributed by atoms with Crippen LogP contribution >= 0.6 is 0 Å². The van der Waals surface area contributed by atoms with Gasteiger partial charge < -0.3 is 10.0 Å². The van der Waals surface area contributed by atoms with Crippen molar-refractivity contribution < 1.29 is 18.3 Å². The summed E-state index contributed by atoms with van der Waals surface area (Å²) in [7, 11) is -3.64. The highest BCUT2D eigenvalue weighted by Crippen LogP contribution is 2.06. The van der Waals surface area contributed by atoms with Gasteiger partial charge >= 0.3 is 5.97 Å². The van der Waals surface area contributed by atoms with Crippen LogP contribution in [0.3, 0.4) is 0 Å². The molecule has 0 fully saturated rings. The second-order valence-electron chi connectivity index (χ2n) is 4.19. The predicted octanol–water partition coefficient (Wildman–Crippen LogP) is -0.412. The van der Waals surface area contributed by atoms with E-state index in [1.165, 1.54) is 6.20 Å². The normalized spacial score (nSPS) is 11.9. The third-order valence-corrected chi connectivity index (χ3v) is 4.25. The van der Waals surface area contributed by atoms with Crippen molar-refractivity contribution in [3.05, 3.63) is 12.4 Å². The molecule has 1 rings (SSSR count). The van der Waals surface area contributed by atoms with Gasteiger partial charge in [-0.1, -0.05) is 13.8 Å². The van der Waals surface area contributed by atoms with Crippen LogP contribution in [-0.2, 0) is 21.4 Å². The highest BCUT2D eigenvalue weighted by atomic mass is 32.2. The summed E-state index contributed by atoms with van der Waals surface area (Å²) in [5.74, 6) is -1.08. The Morgan fingerprint density at radius 3 is 2.65 bits per heavy atom. The summed E-state index contributed by atoms with van der Waals surface area (Å²) < 4.78 is 27.5. The van der Waals surface area contributed by atoms with E-state index in [1.54, 1.807) is 0 Å². The zero-order valence-corrected chi connectivity index (χ0v) is 12.4. The van der Waals surface area contributed by atoms with Crippen LogP contribution in [0.15, 0.2) is 17.3 Å². The predicted molar refractivity (Wildman–Crippen MR) is 72.8 cm³/mol. The maximum atomic E-state index is 12.0. The van der Waals surface area contributed by atoms with Crippen LogP contribution in [0.5, 0.6) is 0 Å². The standard InChI is InChI=1S/C11H20N4O4S/c1-3-14(4-2)6-5-13-20(18,19)10-7-12-15(8-10)9-11(16)17/h7-8,13H,3-6,9H2,1-2H3,(H,16,17). The number of rotatable bonds is 9. The molecule has 0 aliphatic carbocycles. The second kappa shape index (κ2) is 7.36. The third kappa shape index (κ3) is 4.91. The molecule has 0 aromatic carbocycles. The van der Waals surface area contributed by atoms with Crippen LogP contribution in [0.4, 0.5) is 0 Å². The van der Waals surface area contributed by atoms with Crippen LogP contribution in [0, 0.1) is 0 Å². The molecule has 0 spiro atoms. The summed E-state index contributed by atoms with van der Waals surface area (Å²) in [6.07, 6.45) is 2.34. The second-order valence-corrected chi connectivity index (χ2v) is 5.96. The van der Waals surface area contributed by atoms with Gasteiger partial charge in [0.25, 0.3) is 0 Å². The Hall–Kier alpha value is -1.45. The summed E-state index contributed by atoms with van der Waals surface area (Å²) in [5.41, 5.74) is 0. The highest BCUT2D eigenvalue weighted by Gasteiger charge is 2.16. The van der Waals surface area contributed by atoms with Crippen molar-refractivity contribution in [2.45, 2.75) is 25.3 Å². The molecule has 0 saturated heterocycles. The van der Waals surface area contributed by atoms with Crippen molar-refractivity contribution >= 4 is 16.0 Å². The number of aromatic nitrogens is 2. The molecule has 1 heterocycles. The third-order valence-electron chi connectivity index (χ3n) is 2.83. The number of nitrogens with one attached hydrogen (secondary N) is 1. The first-order chi connectivity index (χ1) is 9.39. The lowest BCUT2D eigenvalue weighted by molar-refractivity contribution is -0.137. The highest BCUT2D eigenvalue weighted by molar-refractivity contribution is 7.89. The Balaban J connectivity index is 2.60. The van der Waals surface area contributed by atoms with E-state index in [1.807, 2.05) is 13.8 Å². The quantitative estimate of drug-likeness (QED) is 0.642. The minimum absolute atomic E-state index is 0.0294. The number of nitrogens with zero attached hydrogens (tertiary/aromatic N) is 3.